The maximum absolute atomic E-state index is 11.8. The van der Waals surface area contributed by atoms with Crippen LogP contribution in [0.2, 0.25) is 0 Å². The van der Waals surface area contributed by atoms with Gasteiger partial charge >= 0.3 is 5.97 Å². The number of hydrogen-bond acceptors (Lipinski definition) is 5. The van der Waals surface area contributed by atoms with Gasteiger partial charge in [-0.15, -0.1) is 5.10 Å². The second-order valence-corrected chi connectivity index (χ2v) is 6.92. The number of aryl methyl sites for hydroxylation is 2. The first-order chi connectivity index (χ1) is 10.6. The summed E-state index contributed by atoms with van der Waals surface area (Å²) in [4.78, 5) is 14.2. The van der Waals surface area contributed by atoms with Gasteiger partial charge in [-0.1, -0.05) is 12.8 Å². The van der Waals surface area contributed by atoms with Crippen molar-refractivity contribution in [3.8, 4) is 0 Å². The largest absolute Gasteiger partial charge is 0.481 e. The smallest absolute Gasteiger partial charge is 0.310 e. The van der Waals surface area contributed by atoms with E-state index < -0.39 is 11.4 Å². The molecule has 0 radical (unpaired) electrons. The predicted octanol–water partition coefficient (Wildman–Crippen LogP) is 1.34. The molecule has 1 aromatic rings. The van der Waals surface area contributed by atoms with E-state index >= 15 is 0 Å². The first-order valence-corrected chi connectivity index (χ1v) is 8.28. The molecule has 1 aliphatic carbocycles. The number of hydrogen-bond donors (Lipinski definition) is 1. The molecule has 0 aromatic carbocycles. The van der Waals surface area contributed by atoms with E-state index in [9.17, 15) is 9.90 Å². The van der Waals surface area contributed by atoms with Gasteiger partial charge in [-0.05, 0) is 62.0 Å². The molecule has 2 fully saturated rings. The molecular weight excluding hydrogens is 282 g/mol. The lowest BCUT2D eigenvalue weighted by Crippen LogP contribution is -2.48. The molecule has 122 valence electrons. The van der Waals surface area contributed by atoms with E-state index in [-0.39, 0.29) is 0 Å². The van der Waals surface area contributed by atoms with E-state index in [1.807, 2.05) is 6.92 Å². The van der Waals surface area contributed by atoms with Gasteiger partial charge in [0.2, 0.25) is 0 Å². The number of tetrazole rings is 1. The summed E-state index contributed by atoms with van der Waals surface area (Å²) >= 11 is 0. The van der Waals surface area contributed by atoms with Crippen molar-refractivity contribution in [2.45, 2.75) is 52.0 Å². The van der Waals surface area contributed by atoms with Gasteiger partial charge in [-0.25, -0.2) is 4.68 Å². The van der Waals surface area contributed by atoms with Crippen LogP contribution in [-0.4, -0.2) is 55.8 Å². The minimum Gasteiger partial charge on any atom is -0.481 e. The first kappa shape index (κ1) is 15.4. The number of nitrogens with zero attached hydrogens (tertiary/aromatic N) is 5. The van der Waals surface area contributed by atoms with Crippen LogP contribution in [0, 0.1) is 18.3 Å². The molecule has 7 heteroatoms. The van der Waals surface area contributed by atoms with Gasteiger partial charge < -0.3 is 10.0 Å². The summed E-state index contributed by atoms with van der Waals surface area (Å²) in [5.41, 5.74) is -0.510. The molecule has 2 aliphatic rings. The quantitative estimate of drug-likeness (QED) is 0.818. The molecule has 0 amide bonds. The fourth-order valence-corrected chi connectivity index (χ4v) is 3.62. The molecule has 1 aromatic heterocycles. The molecular formula is C15H25N5O2. The highest BCUT2D eigenvalue weighted by Crippen LogP contribution is 2.44. The Morgan fingerprint density at radius 3 is 2.86 bits per heavy atom. The van der Waals surface area contributed by atoms with Crippen molar-refractivity contribution in [3.05, 3.63) is 5.82 Å². The summed E-state index contributed by atoms with van der Waals surface area (Å²) < 4.78 is 1.80. The number of likely N-dealkylation sites (tertiary alicyclic amines) is 1. The van der Waals surface area contributed by atoms with Gasteiger partial charge in [-0.3, -0.25) is 4.79 Å². The summed E-state index contributed by atoms with van der Waals surface area (Å²) in [6.45, 7) is 5.31. The van der Waals surface area contributed by atoms with Crippen molar-refractivity contribution < 1.29 is 9.90 Å². The summed E-state index contributed by atoms with van der Waals surface area (Å²) in [6.07, 6.45) is 6.07. The van der Waals surface area contributed by atoms with Crippen LogP contribution >= 0.6 is 0 Å². The van der Waals surface area contributed by atoms with Crippen molar-refractivity contribution in [3.63, 3.8) is 0 Å². The number of carboxylic acid groups (broad SMARTS) is 1. The molecule has 1 saturated heterocycles. The van der Waals surface area contributed by atoms with E-state index in [2.05, 4.69) is 20.4 Å². The van der Waals surface area contributed by atoms with Crippen LogP contribution in [0.15, 0.2) is 0 Å². The van der Waals surface area contributed by atoms with E-state index in [0.29, 0.717) is 12.5 Å². The van der Waals surface area contributed by atoms with Crippen LogP contribution in [0.3, 0.4) is 0 Å². The van der Waals surface area contributed by atoms with Gasteiger partial charge in [0.15, 0.2) is 0 Å². The lowest BCUT2D eigenvalue weighted by molar-refractivity contribution is -0.153. The lowest BCUT2D eigenvalue weighted by Gasteiger charge is -2.40. The van der Waals surface area contributed by atoms with Gasteiger partial charge in [0.05, 0.1) is 5.41 Å². The van der Waals surface area contributed by atoms with Crippen LogP contribution in [-0.2, 0) is 11.3 Å². The average Bonchev–Trinajstić information content (AvgIpc) is 3.20. The molecule has 0 spiro atoms. The summed E-state index contributed by atoms with van der Waals surface area (Å²) in [5, 5.41) is 21.2. The SMILES string of the molecule is Cc1nnnn1CCCN1CCCC(CC2CC2)(C(=O)O)C1. The van der Waals surface area contributed by atoms with Crippen molar-refractivity contribution >= 4 is 5.97 Å². The lowest BCUT2D eigenvalue weighted by atomic mass is 9.75. The van der Waals surface area contributed by atoms with Crippen LogP contribution in [0.5, 0.6) is 0 Å². The Balaban J connectivity index is 1.53. The molecule has 7 nitrogen and oxygen atoms in total. The van der Waals surface area contributed by atoms with E-state index in [1.54, 1.807) is 4.68 Å². The molecule has 0 bridgehead atoms. The third kappa shape index (κ3) is 3.45. The standard InChI is InChI=1S/C15H25N5O2/c1-12-16-17-18-20(12)9-3-8-19-7-2-6-15(11-19,14(21)22)10-13-4-5-13/h13H,2-11H2,1H3,(H,21,22). The number of aromatic nitrogens is 4. The Hall–Kier alpha value is -1.50. The minimum absolute atomic E-state index is 0.510. The van der Waals surface area contributed by atoms with Gasteiger partial charge in [0.1, 0.15) is 5.82 Å². The van der Waals surface area contributed by atoms with Crippen molar-refractivity contribution in [1.82, 2.24) is 25.1 Å². The normalized spacial score (nSPS) is 26.2. The van der Waals surface area contributed by atoms with Crippen molar-refractivity contribution in [1.29, 1.82) is 0 Å². The number of piperidine rings is 1. The van der Waals surface area contributed by atoms with E-state index in [0.717, 1.165) is 51.1 Å². The Morgan fingerprint density at radius 2 is 2.23 bits per heavy atom. The van der Waals surface area contributed by atoms with Crippen LogP contribution in [0.1, 0.15) is 44.3 Å². The fourth-order valence-electron chi connectivity index (χ4n) is 3.62. The van der Waals surface area contributed by atoms with Crippen LogP contribution in [0.25, 0.3) is 0 Å². The van der Waals surface area contributed by atoms with E-state index in [1.165, 1.54) is 12.8 Å². The highest BCUT2D eigenvalue weighted by atomic mass is 16.4. The Labute approximate surface area is 130 Å². The number of rotatable bonds is 7. The summed E-state index contributed by atoms with van der Waals surface area (Å²) in [5.74, 6) is 0.882. The van der Waals surface area contributed by atoms with Gasteiger partial charge in [-0.2, -0.15) is 0 Å². The average molecular weight is 307 g/mol. The predicted molar refractivity (Wildman–Crippen MR) is 80.3 cm³/mol. The fraction of sp³-hybridized carbons (Fsp3) is 0.867. The molecule has 1 N–H and O–H groups in total. The monoisotopic (exact) mass is 307 g/mol. The third-order valence-corrected chi connectivity index (χ3v) is 5.04. The Morgan fingerprint density at radius 1 is 1.41 bits per heavy atom. The first-order valence-electron chi connectivity index (χ1n) is 8.28. The van der Waals surface area contributed by atoms with Crippen molar-refractivity contribution in [2.75, 3.05) is 19.6 Å². The zero-order valence-corrected chi connectivity index (χ0v) is 13.2. The topological polar surface area (TPSA) is 84.1 Å². The maximum atomic E-state index is 11.8. The summed E-state index contributed by atoms with van der Waals surface area (Å²) in [6, 6.07) is 0. The molecule has 2 heterocycles. The number of aliphatic carboxylic acids is 1. The molecule has 1 atom stereocenters. The van der Waals surface area contributed by atoms with Crippen LogP contribution < -0.4 is 0 Å². The van der Waals surface area contributed by atoms with Crippen molar-refractivity contribution in [2.24, 2.45) is 11.3 Å². The molecule has 1 saturated carbocycles. The molecule has 1 aliphatic heterocycles. The number of carbonyl (C=O) groups is 1. The molecule has 1 unspecified atom stereocenters. The van der Waals surface area contributed by atoms with Gasteiger partial charge in [0.25, 0.3) is 0 Å². The second kappa shape index (κ2) is 6.32. The maximum Gasteiger partial charge on any atom is 0.310 e. The van der Waals surface area contributed by atoms with Gasteiger partial charge in [0, 0.05) is 13.1 Å². The second-order valence-electron chi connectivity index (χ2n) is 6.92. The Kier molecular flexibility index (Phi) is 4.42. The zero-order chi connectivity index (χ0) is 15.6. The van der Waals surface area contributed by atoms with E-state index in [4.69, 9.17) is 0 Å². The minimum atomic E-state index is -0.597. The highest BCUT2D eigenvalue weighted by Gasteiger charge is 2.45. The van der Waals surface area contributed by atoms with Crippen LogP contribution in [0.4, 0.5) is 0 Å². The zero-order valence-electron chi connectivity index (χ0n) is 13.2. The summed E-state index contributed by atoms with van der Waals surface area (Å²) in [7, 11) is 0. The molecule has 3 rings (SSSR count). The molecule has 22 heavy (non-hydrogen) atoms. The Bertz CT molecular complexity index is 528. The number of carboxylic acids is 1. The highest BCUT2D eigenvalue weighted by molar-refractivity contribution is 5.75. The third-order valence-electron chi connectivity index (χ3n) is 5.04.